The minimum atomic E-state index is -0.370. The average molecular weight is 851 g/mol. The molecule has 332 valence electrons. The maximum absolute atomic E-state index is 13.5. The number of ether oxygens (including phenoxy) is 1. The van der Waals surface area contributed by atoms with Crippen molar-refractivity contribution < 1.29 is 4.74 Å². The van der Waals surface area contributed by atoms with Gasteiger partial charge in [0.2, 0.25) is 11.9 Å². The maximum Gasteiger partial charge on any atom is 0.332 e. The van der Waals surface area contributed by atoms with Gasteiger partial charge in [0.25, 0.3) is 11.1 Å². The molecule has 4 aromatic heterocycles. The second-order valence-electron chi connectivity index (χ2n) is 16.5. The first-order valence-electron chi connectivity index (χ1n) is 22.1. The van der Waals surface area contributed by atoms with E-state index in [1.165, 1.54) is 18.3 Å². The summed E-state index contributed by atoms with van der Waals surface area (Å²) in [4.78, 5) is 67.0. The zero-order valence-electron chi connectivity index (χ0n) is 36.9. The van der Waals surface area contributed by atoms with Gasteiger partial charge >= 0.3 is 11.4 Å². The molecular weight excluding hydrogens is 789 g/mol. The molecule has 17 heteroatoms. The Morgan fingerprint density at radius 3 is 1.50 bits per heavy atom. The Kier molecular flexibility index (Phi) is 14.6. The van der Waals surface area contributed by atoms with Gasteiger partial charge in [-0.05, 0) is 56.3 Å². The molecule has 6 aromatic rings. The Morgan fingerprint density at radius 2 is 1.06 bits per heavy atom. The van der Waals surface area contributed by atoms with E-state index in [0.717, 1.165) is 94.6 Å². The van der Waals surface area contributed by atoms with Gasteiger partial charge in [-0.25, -0.2) is 9.59 Å². The van der Waals surface area contributed by atoms with Crippen LogP contribution in [0, 0.1) is 5.92 Å². The number of fused-ring (bicyclic) bond motifs is 2. The normalized spacial score (nSPS) is 14.9. The number of anilines is 2. The predicted molar refractivity (Wildman–Crippen MR) is 245 cm³/mol. The quantitative estimate of drug-likeness (QED) is 0.164. The lowest BCUT2D eigenvalue weighted by Gasteiger charge is -2.22. The highest BCUT2D eigenvalue weighted by Gasteiger charge is 2.26. The van der Waals surface area contributed by atoms with E-state index in [0.29, 0.717) is 61.1 Å². The van der Waals surface area contributed by atoms with E-state index in [4.69, 9.17) is 14.7 Å². The molecule has 17 nitrogen and oxygen atoms in total. The van der Waals surface area contributed by atoms with Crippen molar-refractivity contribution in [2.75, 3.05) is 75.4 Å². The van der Waals surface area contributed by atoms with Gasteiger partial charge in [-0.15, -0.1) is 0 Å². The van der Waals surface area contributed by atoms with Crippen molar-refractivity contribution in [3.63, 3.8) is 0 Å². The summed E-state index contributed by atoms with van der Waals surface area (Å²) in [6.07, 6.45) is 2.77. The summed E-state index contributed by atoms with van der Waals surface area (Å²) in [5.74, 6) is 1.90. The first-order valence-corrected chi connectivity index (χ1v) is 22.1. The van der Waals surface area contributed by atoms with Crippen molar-refractivity contribution in [2.45, 2.75) is 66.2 Å². The molecule has 0 aliphatic carbocycles. The van der Waals surface area contributed by atoms with Crippen molar-refractivity contribution in [2.24, 2.45) is 20.0 Å². The Bertz CT molecular complexity index is 2660. The molecule has 2 saturated heterocycles. The summed E-state index contributed by atoms with van der Waals surface area (Å²) >= 11 is 0. The maximum atomic E-state index is 13.5. The molecule has 8 rings (SSSR count). The van der Waals surface area contributed by atoms with Gasteiger partial charge in [0.05, 0.1) is 26.2 Å². The van der Waals surface area contributed by atoms with Crippen LogP contribution in [-0.2, 0) is 45.0 Å². The number of hydrogen-bond acceptors (Lipinski definition) is 11. The van der Waals surface area contributed by atoms with Crippen LogP contribution < -0.4 is 42.9 Å². The fourth-order valence-corrected chi connectivity index (χ4v) is 8.21. The smallest absolute Gasteiger partial charge is 0.332 e. The number of nitrogens with zero attached hydrogens (tertiary/aromatic N) is 10. The van der Waals surface area contributed by atoms with E-state index < -0.39 is 0 Å². The highest BCUT2D eigenvalue weighted by atomic mass is 16.5. The number of benzene rings is 2. The Labute approximate surface area is 361 Å². The number of nitrogens with one attached hydrogen (secondary N) is 2. The minimum Gasteiger partial charge on any atom is -0.380 e. The number of imidazole rings is 2. The third-order valence-electron chi connectivity index (χ3n) is 11.6. The van der Waals surface area contributed by atoms with E-state index in [1.807, 2.05) is 64.6 Å². The molecule has 2 fully saturated rings. The van der Waals surface area contributed by atoms with Crippen molar-refractivity contribution in [1.82, 2.24) is 48.0 Å². The van der Waals surface area contributed by atoms with Gasteiger partial charge < -0.3 is 25.2 Å². The zero-order chi connectivity index (χ0) is 43.8. The summed E-state index contributed by atoms with van der Waals surface area (Å²) in [6, 6.07) is 20.1. The molecule has 2 N–H and O–H groups in total. The van der Waals surface area contributed by atoms with Crippen LogP contribution in [0.15, 0.2) is 79.8 Å². The Hall–Kier alpha value is -5.78. The van der Waals surface area contributed by atoms with Crippen LogP contribution in [0.2, 0.25) is 0 Å². The summed E-state index contributed by atoms with van der Waals surface area (Å²) < 4.78 is 15.0. The van der Waals surface area contributed by atoms with Crippen LogP contribution in [0.3, 0.4) is 0 Å². The third-order valence-corrected chi connectivity index (χ3v) is 11.6. The molecule has 6 heterocycles. The topological polar surface area (TPSA) is 163 Å². The Morgan fingerprint density at radius 1 is 0.613 bits per heavy atom. The molecule has 2 aromatic carbocycles. The molecule has 2 aliphatic rings. The van der Waals surface area contributed by atoms with E-state index in [9.17, 15) is 19.2 Å². The molecular formula is C45H62N12O5. The minimum absolute atomic E-state index is 0.217. The van der Waals surface area contributed by atoms with Crippen molar-refractivity contribution in [1.29, 1.82) is 0 Å². The highest BCUT2D eigenvalue weighted by molar-refractivity contribution is 5.76. The predicted octanol–water partition coefficient (Wildman–Crippen LogP) is 2.57. The van der Waals surface area contributed by atoms with Crippen molar-refractivity contribution in [3.8, 4) is 0 Å². The van der Waals surface area contributed by atoms with Crippen LogP contribution >= 0.6 is 0 Å². The number of aromatic nitrogens is 8. The summed E-state index contributed by atoms with van der Waals surface area (Å²) in [7, 11) is 3.39. The molecule has 2 aliphatic heterocycles. The molecule has 62 heavy (non-hydrogen) atoms. The second kappa shape index (κ2) is 20.4. The summed E-state index contributed by atoms with van der Waals surface area (Å²) in [6.45, 7) is 15.6. The fraction of sp³-hybridized carbons (Fsp3) is 0.511. The highest BCUT2D eigenvalue weighted by Crippen LogP contribution is 2.24. The van der Waals surface area contributed by atoms with Gasteiger partial charge in [0.1, 0.15) is 0 Å². The zero-order valence-corrected chi connectivity index (χ0v) is 36.9. The van der Waals surface area contributed by atoms with E-state index in [-0.39, 0.29) is 29.0 Å². The van der Waals surface area contributed by atoms with Gasteiger partial charge in [0.15, 0.2) is 22.3 Å². The van der Waals surface area contributed by atoms with Crippen LogP contribution in [0.4, 0.5) is 11.9 Å². The van der Waals surface area contributed by atoms with E-state index in [1.54, 1.807) is 14.1 Å². The first-order chi connectivity index (χ1) is 30.1. The number of aryl methyl sites for hydroxylation is 2. The molecule has 0 unspecified atom stereocenters. The van der Waals surface area contributed by atoms with Crippen LogP contribution in [0.5, 0.6) is 0 Å². The summed E-state index contributed by atoms with van der Waals surface area (Å²) in [5.41, 5.74) is 2.77. The Balaban J connectivity index is 0.000000186. The number of rotatable bonds is 13. The van der Waals surface area contributed by atoms with Crippen LogP contribution in [-0.4, -0.2) is 103 Å². The van der Waals surface area contributed by atoms with Gasteiger partial charge in [-0.2, -0.15) is 9.97 Å². The SMILES string of the molecule is CC(C)CCn1c(=O)c2c(nc(N3CCCNCC3)n2Cc2ccccc2)n(C)c1=O.CCOCCn1c(=O)c2c(nc(N3CCCNCC3)n2Cc2ccccc2)n(C)c1=O. The van der Waals surface area contributed by atoms with Gasteiger partial charge in [0, 0.05) is 66.5 Å². The van der Waals surface area contributed by atoms with Gasteiger partial charge in [-0.3, -0.25) is 37.0 Å². The lowest BCUT2D eigenvalue weighted by molar-refractivity contribution is 0.137. The lowest BCUT2D eigenvalue weighted by atomic mass is 10.1. The monoisotopic (exact) mass is 850 g/mol. The summed E-state index contributed by atoms with van der Waals surface area (Å²) in [5, 5.41) is 6.82. The lowest BCUT2D eigenvalue weighted by Crippen LogP contribution is -2.40. The third kappa shape index (κ3) is 9.64. The number of hydrogen-bond donors (Lipinski definition) is 2. The molecule has 0 saturated carbocycles. The standard InChI is InChI=1S/C23H32N6O2.C22H30N6O3/c1-17(2)10-14-28-21(30)19-20(26(3)23(28)31)25-22(27-13-7-11-24-12-15-27)29(19)16-18-8-5-4-6-9-18;1-3-31-15-14-27-20(29)18-19(25(2)22(27)30)24-21(26-12-7-10-23-11-13-26)28(18)16-17-8-5-4-6-9-17/h4-6,8-9,17,24H,7,10-16H2,1-3H3;4-6,8-9,23H,3,7,10-16H2,1-2H3. The van der Waals surface area contributed by atoms with Crippen molar-refractivity contribution in [3.05, 3.63) is 113 Å². The van der Waals surface area contributed by atoms with E-state index >= 15 is 0 Å². The van der Waals surface area contributed by atoms with Crippen molar-refractivity contribution >= 4 is 34.2 Å². The second-order valence-corrected chi connectivity index (χ2v) is 16.5. The fourth-order valence-electron chi connectivity index (χ4n) is 8.21. The molecule has 0 amide bonds. The molecule has 0 spiro atoms. The molecule has 0 atom stereocenters. The van der Waals surface area contributed by atoms with E-state index in [2.05, 4.69) is 46.4 Å². The molecule has 0 bridgehead atoms. The van der Waals surface area contributed by atoms with Crippen LogP contribution in [0.25, 0.3) is 22.3 Å². The first kappa shape index (κ1) is 44.3. The average Bonchev–Trinajstić information content (AvgIpc) is 3.53. The van der Waals surface area contributed by atoms with Crippen LogP contribution in [0.1, 0.15) is 51.2 Å². The molecule has 0 radical (unpaired) electrons. The largest absolute Gasteiger partial charge is 0.380 e. The van der Waals surface area contributed by atoms with Gasteiger partial charge in [-0.1, -0.05) is 74.5 Å².